The molecule has 3 heteroatoms. The molecule has 0 amide bonds. The van der Waals surface area contributed by atoms with Gasteiger partial charge in [0.05, 0.1) is 6.10 Å². The minimum atomic E-state index is 0.0172. The first-order valence-electron chi connectivity index (χ1n) is 5.98. The molecule has 0 saturated carbocycles. The van der Waals surface area contributed by atoms with E-state index in [1.807, 2.05) is 0 Å². The molecule has 0 aromatic carbocycles. The van der Waals surface area contributed by atoms with E-state index in [0.717, 1.165) is 32.5 Å². The summed E-state index contributed by atoms with van der Waals surface area (Å²) >= 11 is 0. The van der Waals surface area contributed by atoms with Gasteiger partial charge in [0.1, 0.15) is 5.72 Å². The lowest BCUT2D eigenvalue weighted by Crippen LogP contribution is -2.59. The summed E-state index contributed by atoms with van der Waals surface area (Å²) in [4.78, 5) is 0. The van der Waals surface area contributed by atoms with E-state index in [0.29, 0.717) is 6.10 Å². The monoisotopic (exact) mass is 198 g/mol. The Balaban J connectivity index is 1.91. The van der Waals surface area contributed by atoms with Crippen LogP contribution in [0.4, 0.5) is 0 Å². The van der Waals surface area contributed by atoms with Gasteiger partial charge in [-0.1, -0.05) is 13.3 Å². The van der Waals surface area contributed by atoms with Crippen LogP contribution in [0.25, 0.3) is 0 Å². The van der Waals surface area contributed by atoms with Crippen molar-refractivity contribution in [2.24, 2.45) is 0 Å². The molecule has 2 N–H and O–H groups in total. The van der Waals surface area contributed by atoms with Crippen molar-refractivity contribution in [3.05, 3.63) is 0 Å². The second-order valence-electron chi connectivity index (χ2n) is 4.49. The van der Waals surface area contributed by atoms with Gasteiger partial charge in [-0.2, -0.15) is 0 Å². The fraction of sp³-hybridized carbons (Fsp3) is 1.00. The van der Waals surface area contributed by atoms with Crippen LogP contribution in [0.1, 0.15) is 39.0 Å². The van der Waals surface area contributed by atoms with E-state index in [-0.39, 0.29) is 5.72 Å². The van der Waals surface area contributed by atoms with E-state index in [2.05, 4.69) is 17.6 Å². The molecule has 0 radical (unpaired) electrons. The number of hydrogen-bond donors (Lipinski definition) is 2. The van der Waals surface area contributed by atoms with Gasteiger partial charge in [-0.05, 0) is 25.9 Å². The van der Waals surface area contributed by atoms with Crippen molar-refractivity contribution < 1.29 is 4.74 Å². The summed E-state index contributed by atoms with van der Waals surface area (Å²) in [5.41, 5.74) is 0.0172. The maximum atomic E-state index is 6.20. The molecule has 2 fully saturated rings. The summed E-state index contributed by atoms with van der Waals surface area (Å²) in [6, 6.07) is 0. The van der Waals surface area contributed by atoms with Crippen molar-refractivity contribution in [3.8, 4) is 0 Å². The Morgan fingerprint density at radius 1 is 1.29 bits per heavy atom. The third-order valence-corrected chi connectivity index (χ3v) is 3.33. The summed E-state index contributed by atoms with van der Waals surface area (Å²) in [5.74, 6) is 0. The summed E-state index contributed by atoms with van der Waals surface area (Å²) in [5, 5.41) is 6.94. The Hall–Kier alpha value is -0.120. The largest absolute Gasteiger partial charge is 0.357 e. The first-order valence-corrected chi connectivity index (χ1v) is 5.98. The molecule has 2 aliphatic heterocycles. The topological polar surface area (TPSA) is 33.3 Å². The van der Waals surface area contributed by atoms with Gasteiger partial charge in [-0.25, -0.2) is 0 Å². The average Bonchev–Trinajstić information content (AvgIpc) is 2.19. The second kappa shape index (κ2) is 4.60. The fourth-order valence-electron chi connectivity index (χ4n) is 2.53. The van der Waals surface area contributed by atoms with Gasteiger partial charge in [0.25, 0.3) is 0 Å². The molecule has 3 nitrogen and oxygen atoms in total. The van der Waals surface area contributed by atoms with Gasteiger partial charge in [-0.15, -0.1) is 0 Å². The van der Waals surface area contributed by atoms with E-state index >= 15 is 0 Å². The van der Waals surface area contributed by atoms with Crippen LogP contribution in [0.3, 0.4) is 0 Å². The van der Waals surface area contributed by atoms with E-state index in [1.165, 1.54) is 19.3 Å². The van der Waals surface area contributed by atoms with Crippen molar-refractivity contribution in [2.45, 2.75) is 50.9 Å². The molecule has 2 saturated heterocycles. The van der Waals surface area contributed by atoms with Gasteiger partial charge in [0.2, 0.25) is 0 Å². The van der Waals surface area contributed by atoms with E-state index < -0.39 is 0 Å². The van der Waals surface area contributed by atoms with Crippen LogP contribution in [0, 0.1) is 0 Å². The zero-order valence-corrected chi connectivity index (χ0v) is 9.14. The predicted molar refractivity (Wildman–Crippen MR) is 57.2 cm³/mol. The number of hydrogen-bond acceptors (Lipinski definition) is 3. The molecule has 0 aromatic rings. The third-order valence-electron chi connectivity index (χ3n) is 3.33. The van der Waals surface area contributed by atoms with Gasteiger partial charge in [0, 0.05) is 19.4 Å². The molecule has 1 unspecified atom stereocenters. The zero-order valence-electron chi connectivity index (χ0n) is 9.14. The minimum Gasteiger partial charge on any atom is -0.357 e. The molecular weight excluding hydrogens is 176 g/mol. The predicted octanol–water partition coefficient (Wildman–Crippen LogP) is 1.24. The maximum Gasteiger partial charge on any atom is 0.122 e. The minimum absolute atomic E-state index is 0.0172. The van der Waals surface area contributed by atoms with Crippen LogP contribution in [0.5, 0.6) is 0 Å². The summed E-state index contributed by atoms with van der Waals surface area (Å²) in [7, 11) is 0. The van der Waals surface area contributed by atoms with Crippen LogP contribution in [0.15, 0.2) is 0 Å². The molecule has 2 rings (SSSR count). The first-order chi connectivity index (χ1) is 6.85. The smallest absolute Gasteiger partial charge is 0.122 e. The number of nitrogens with one attached hydrogen (secondary N) is 2. The number of piperidine rings is 1. The fourth-order valence-corrected chi connectivity index (χ4v) is 2.53. The summed E-state index contributed by atoms with van der Waals surface area (Å²) < 4.78 is 6.20. The highest BCUT2D eigenvalue weighted by atomic mass is 16.5. The van der Waals surface area contributed by atoms with Gasteiger partial charge in [-0.3, -0.25) is 5.32 Å². The number of ether oxygens (including phenoxy) is 1. The van der Waals surface area contributed by atoms with E-state index in [9.17, 15) is 0 Å². The lowest BCUT2D eigenvalue weighted by molar-refractivity contribution is -0.157. The van der Waals surface area contributed by atoms with Crippen LogP contribution in [0.2, 0.25) is 0 Å². The second-order valence-corrected chi connectivity index (χ2v) is 4.49. The molecule has 82 valence electrons. The van der Waals surface area contributed by atoms with Crippen molar-refractivity contribution in [2.75, 3.05) is 19.6 Å². The molecule has 1 spiro atoms. The van der Waals surface area contributed by atoms with Crippen molar-refractivity contribution in [1.29, 1.82) is 0 Å². The molecule has 0 aromatic heterocycles. The first kappa shape index (κ1) is 10.4. The Bertz CT molecular complexity index is 171. The lowest BCUT2D eigenvalue weighted by atomic mass is 9.97. The molecule has 2 heterocycles. The SMILES string of the molecule is CCCC1CCNC2(CCNCC2)O1. The van der Waals surface area contributed by atoms with Crippen molar-refractivity contribution in [3.63, 3.8) is 0 Å². The van der Waals surface area contributed by atoms with E-state index in [1.54, 1.807) is 0 Å². The van der Waals surface area contributed by atoms with E-state index in [4.69, 9.17) is 4.74 Å². The van der Waals surface area contributed by atoms with Crippen molar-refractivity contribution >= 4 is 0 Å². The molecule has 0 bridgehead atoms. The summed E-state index contributed by atoms with van der Waals surface area (Å²) in [6.45, 7) is 5.54. The lowest BCUT2D eigenvalue weighted by Gasteiger charge is -2.44. The summed E-state index contributed by atoms with van der Waals surface area (Å²) in [6.07, 6.45) is 6.37. The normalized spacial score (nSPS) is 31.9. The van der Waals surface area contributed by atoms with Gasteiger partial charge >= 0.3 is 0 Å². The Kier molecular flexibility index (Phi) is 3.42. The molecule has 0 aliphatic carbocycles. The van der Waals surface area contributed by atoms with Crippen LogP contribution < -0.4 is 10.6 Å². The third kappa shape index (κ3) is 2.27. The number of rotatable bonds is 2. The molecule has 2 aliphatic rings. The van der Waals surface area contributed by atoms with Crippen LogP contribution >= 0.6 is 0 Å². The Morgan fingerprint density at radius 3 is 2.79 bits per heavy atom. The average molecular weight is 198 g/mol. The highest BCUT2D eigenvalue weighted by Crippen LogP contribution is 2.27. The zero-order chi connectivity index (χ0) is 9.86. The molecule has 14 heavy (non-hydrogen) atoms. The maximum absolute atomic E-state index is 6.20. The van der Waals surface area contributed by atoms with Crippen LogP contribution in [-0.4, -0.2) is 31.5 Å². The highest BCUT2D eigenvalue weighted by molar-refractivity contribution is 4.88. The van der Waals surface area contributed by atoms with Crippen molar-refractivity contribution in [1.82, 2.24) is 10.6 Å². The van der Waals surface area contributed by atoms with Gasteiger partial charge < -0.3 is 10.1 Å². The Labute approximate surface area is 86.6 Å². The quantitative estimate of drug-likeness (QED) is 0.700. The standard InChI is InChI=1S/C11H22N2O/c1-2-3-10-4-7-13-11(14-10)5-8-12-9-6-11/h10,12-13H,2-9H2,1H3. The molecule has 1 atom stereocenters. The van der Waals surface area contributed by atoms with Crippen LogP contribution in [-0.2, 0) is 4.74 Å². The van der Waals surface area contributed by atoms with Gasteiger partial charge in [0.15, 0.2) is 0 Å². The molecular formula is C11H22N2O. The Morgan fingerprint density at radius 2 is 2.07 bits per heavy atom. The highest BCUT2D eigenvalue weighted by Gasteiger charge is 2.37.